The summed E-state index contributed by atoms with van der Waals surface area (Å²) in [7, 11) is 1.31. The molecule has 6 rings (SSSR count). The highest BCUT2D eigenvalue weighted by atomic mass is 32.1. The zero-order chi connectivity index (χ0) is 26.9. The average molecular weight is 545 g/mol. The van der Waals surface area contributed by atoms with Crippen LogP contribution in [0.5, 0.6) is 0 Å². The number of benzene rings is 2. The van der Waals surface area contributed by atoms with Crippen LogP contribution in [0.15, 0.2) is 60.1 Å². The molecule has 7 nitrogen and oxygen atoms in total. The van der Waals surface area contributed by atoms with E-state index in [1.165, 1.54) is 13.3 Å². The van der Waals surface area contributed by atoms with E-state index in [-0.39, 0.29) is 17.4 Å². The van der Waals surface area contributed by atoms with Gasteiger partial charge >= 0.3 is 5.97 Å². The predicted molar refractivity (Wildman–Crippen MR) is 152 cm³/mol. The lowest BCUT2D eigenvalue weighted by Crippen LogP contribution is -2.47. The van der Waals surface area contributed by atoms with Crippen LogP contribution in [0, 0.1) is 5.82 Å². The fourth-order valence-corrected chi connectivity index (χ4v) is 6.38. The molecule has 2 aliphatic heterocycles. The SMILES string of the molecule is COC(=O)c1ncccc1N1C(=O)CCc2ccc(CCN3CCN(c4cc(F)cc5sccc45)CC3)cc21. The number of amides is 1. The predicted octanol–water partition coefficient (Wildman–Crippen LogP) is 5.20. The van der Waals surface area contributed by atoms with Gasteiger partial charge in [-0.15, -0.1) is 11.3 Å². The Labute approximate surface area is 230 Å². The summed E-state index contributed by atoms with van der Waals surface area (Å²) in [4.78, 5) is 36.0. The van der Waals surface area contributed by atoms with E-state index >= 15 is 0 Å². The van der Waals surface area contributed by atoms with Crippen molar-refractivity contribution < 1.29 is 18.7 Å². The van der Waals surface area contributed by atoms with Gasteiger partial charge in [0.1, 0.15) is 5.82 Å². The molecule has 0 radical (unpaired) electrons. The largest absolute Gasteiger partial charge is 0.464 e. The second kappa shape index (κ2) is 10.7. The van der Waals surface area contributed by atoms with Gasteiger partial charge < -0.3 is 9.64 Å². The normalized spacial score (nSPS) is 16.0. The molecule has 9 heteroatoms. The average Bonchev–Trinajstić information content (AvgIpc) is 3.44. The smallest absolute Gasteiger partial charge is 0.358 e. The second-order valence-electron chi connectivity index (χ2n) is 9.89. The summed E-state index contributed by atoms with van der Waals surface area (Å²) in [5, 5.41) is 3.13. The summed E-state index contributed by atoms with van der Waals surface area (Å²) in [5.74, 6) is -0.822. The van der Waals surface area contributed by atoms with Crippen molar-refractivity contribution in [3.63, 3.8) is 0 Å². The first-order chi connectivity index (χ1) is 19.0. The molecule has 0 unspecified atom stereocenters. The zero-order valence-corrected chi connectivity index (χ0v) is 22.5. The number of anilines is 3. The number of rotatable bonds is 6. The maximum Gasteiger partial charge on any atom is 0.358 e. The third-order valence-electron chi connectivity index (χ3n) is 7.60. The summed E-state index contributed by atoms with van der Waals surface area (Å²) in [6.07, 6.45) is 3.40. The number of fused-ring (bicyclic) bond motifs is 2. The Morgan fingerprint density at radius 2 is 1.87 bits per heavy atom. The highest BCUT2D eigenvalue weighted by Crippen LogP contribution is 2.37. The quantitative estimate of drug-likeness (QED) is 0.311. The van der Waals surface area contributed by atoms with Crippen LogP contribution in [0.3, 0.4) is 0 Å². The second-order valence-corrected chi connectivity index (χ2v) is 10.8. The van der Waals surface area contributed by atoms with Gasteiger partial charge in [0.05, 0.1) is 18.5 Å². The Kier molecular flexibility index (Phi) is 7.01. The van der Waals surface area contributed by atoms with Gasteiger partial charge in [0.15, 0.2) is 5.69 Å². The zero-order valence-electron chi connectivity index (χ0n) is 21.7. The number of carbonyl (C=O) groups excluding carboxylic acids is 2. The first-order valence-corrected chi connectivity index (χ1v) is 14.0. The van der Waals surface area contributed by atoms with E-state index in [0.717, 1.165) is 71.7 Å². The first-order valence-electron chi connectivity index (χ1n) is 13.1. The number of pyridine rings is 1. The molecule has 200 valence electrons. The molecular weight excluding hydrogens is 515 g/mol. The van der Waals surface area contributed by atoms with Crippen molar-refractivity contribution in [2.45, 2.75) is 19.3 Å². The number of thiophene rings is 1. The Morgan fingerprint density at radius 3 is 2.69 bits per heavy atom. The molecule has 0 N–H and O–H groups in total. The highest BCUT2D eigenvalue weighted by molar-refractivity contribution is 7.17. The number of esters is 1. The number of hydrogen-bond donors (Lipinski definition) is 0. The molecule has 2 aromatic heterocycles. The van der Waals surface area contributed by atoms with Crippen molar-refractivity contribution in [2.75, 3.05) is 49.6 Å². The van der Waals surface area contributed by atoms with Gasteiger partial charge in [-0.05, 0) is 65.7 Å². The van der Waals surface area contributed by atoms with Crippen molar-refractivity contribution in [2.24, 2.45) is 0 Å². The van der Waals surface area contributed by atoms with Crippen LogP contribution in [-0.4, -0.2) is 61.6 Å². The first kappa shape index (κ1) is 25.5. The van der Waals surface area contributed by atoms with Gasteiger partial charge in [-0.1, -0.05) is 12.1 Å². The third-order valence-corrected chi connectivity index (χ3v) is 8.46. The van der Waals surface area contributed by atoms with E-state index in [1.807, 2.05) is 5.38 Å². The Hall–Kier alpha value is -3.82. The summed E-state index contributed by atoms with van der Waals surface area (Å²) < 4.78 is 20.1. The number of nitrogens with zero attached hydrogens (tertiary/aromatic N) is 4. The number of carbonyl (C=O) groups is 2. The van der Waals surface area contributed by atoms with E-state index in [1.54, 1.807) is 40.5 Å². The van der Waals surface area contributed by atoms with Crippen molar-refractivity contribution >= 4 is 50.4 Å². The lowest BCUT2D eigenvalue weighted by molar-refractivity contribution is -0.118. The molecular formula is C30H29FN4O3S. The van der Waals surface area contributed by atoms with Crippen LogP contribution in [0.4, 0.5) is 21.5 Å². The molecule has 2 aliphatic rings. The van der Waals surface area contributed by atoms with Crippen LogP contribution < -0.4 is 9.80 Å². The van der Waals surface area contributed by atoms with Gasteiger partial charge in [-0.3, -0.25) is 14.6 Å². The number of halogens is 1. The van der Waals surface area contributed by atoms with E-state index in [2.05, 4.69) is 39.0 Å². The highest BCUT2D eigenvalue weighted by Gasteiger charge is 2.30. The summed E-state index contributed by atoms with van der Waals surface area (Å²) in [6, 6.07) is 15.1. The van der Waals surface area contributed by atoms with E-state index in [9.17, 15) is 14.0 Å². The fraction of sp³-hybridized carbons (Fsp3) is 0.300. The molecule has 1 saturated heterocycles. The van der Waals surface area contributed by atoms with Crippen LogP contribution in [0.1, 0.15) is 28.0 Å². The molecule has 0 spiro atoms. The Balaban J connectivity index is 1.16. The minimum Gasteiger partial charge on any atom is -0.464 e. The topological polar surface area (TPSA) is 66.0 Å². The molecule has 0 saturated carbocycles. The molecule has 4 heterocycles. The fourth-order valence-electron chi connectivity index (χ4n) is 5.55. The maximum absolute atomic E-state index is 14.2. The van der Waals surface area contributed by atoms with Crippen molar-refractivity contribution in [1.29, 1.82) is 0 Å². The van der Waals surface area contributed by atoms with Crippen LogP contribution in [0.2, 0.25) is 0 Å². The van der Waals surface area contributed by atoms with Gasteiger partial charge in [0, 0.05) is 61.1 Å². The summed E-state index contributed by atoms with van der Waals surface area (Å²) in [5.41, 5.74) is 4.55. The molecule has 0 atom stereocenters. The minimum absolute atomic E-state index is 0.0639. The van der Waals surface area contributed by atoms with Gasteiger partial charge in [-0.2, -0.15) is 0 Å². The molecule has 1 amide bonds. The summed E-state index contributed by atoms with van der Waals surface area (Å²) >= 11 is 1.57. The number of piperazine rings is 1. The van der Waals surface area contributed by atoms with Gasteiger partial charge in [0.2, 0.25) is 5.91 Å². The minimum atomic E-state index is -0.571. The number of hydrogen-bond acceptors (Lipinski definition) is 7. The van der Waals surface area contributed by atoms with Crippen LogP contribution in [-0.2, 0) is 22.4 Å². The molecule has 2 aromatic carbocycles. The van der Waals surface area contributed by atoms with E-state index < -0.39 is 5.97 Å². The monoisotopic (exact) mass is 544 g/mol. The molecule has 0 aliphatic carbocycles. The third kappa shape index (κ3) is 4.99. The number of ether oxygens (including phenoxy) is 1. The maximum atomic E-state index is 14.2. The number of methoxy groups -OCH3 is 1. The standard InChI is InChI=1S/C30H29FN4O3S/c1-38-30(37)29-24(3-2-10-32-29)35-25-17-20(4-5-21(25)6-7-28(35)36)8-11-33-12-14-34(15-13-33)26-18-22(31)19-27-23(26)9-16-39-27/h2-5,9-10,16-19H,6-8,11-15H2,1H3. The molecule has 0 bridgehead atoms. The lowest BCUT2D eigenvalue weighted by Gasteiger charge is -2.36. The molecule has 4 aromatic rings. The van der Waals surface area contributed by atoms with Gasteiger partial charge in [0.25, 0.3) is 0 Å². The van der Waals surface area contributed by atoms with Crippen molar-refractivity contribution in [3.05, 3.63) is 82.7 Å². The number of aromatic nitrogens is 1. The van der Waals surface area contributed by atoms with E-state index in [4.69, 9.17) is 4.74 Å². The number of aryl methyl sites for hydroxylation is 1. The Morgan fingerprint density at radius 1 is 1.03 bits per heavy atom. The van der Waals surface area contributed by atoms with Crippen molar-refractivity contribution in [3.8, 4) is 0 Å². The molecule has 1 fully saturated rings. The van der Waals surface area contributed by atoms with Crippen molar-refractivity contribution in [1.82, 2.24) is 9.88 Å². The van der Waals surface area contributed by atoms with Crippen LogP contribution in [0.25, 0.3) is 10.1 Å². The molecule has 39 heavy (non-hydrogen) atoms. The van der Waals surface area contributed by atoms with E-state index in [0.29, 0.717) is 18.5 Å². The summed E-state index contributed by atoms with van der Waals surface area (Å²) in [6.45, 7) is 4.37. The van der Waals surface area contributed by atoms with Gasteiger partial charge in [-0.25, -0.2) is 14.2 Å². The van der Waals surface area contributed by atoms with Crippen LogP contribution >= 0.6 is 11.3 Å². The lowest BCUT2D eigenvalue weighted by atomic mass is 9.97. The Bertz CT molecular complexity index is 1550.